The normalized spacial score (nSPS) is 27.0. The highest BCUT2D eigenvalue weighted by Crippen LogP contribution is 2.18. The first-order valence-electron chi connectivity index (χ1n) is 7.42. The molecule has 0 spiro atoms. The number of nitrogens with zero attached hydrogens (tertiary/aromatic N) is 1. The molecule has 2 saturated heterocycles. The van der Waals surface area contributed by atoms with Gasteiger partial charge >= 0.3 is 0 Å². The summed E-state index contributed by atoms with van der Waals surface area (Å²) in [6.07, 6.45) is 6.27. The average molecular weight is 340 g/mol. The summed E-state index contributed by atoms with van der Waals surface area (Å²) in [7, 11) is -3.15. The lowest BCUT2D eigenvalue weighted by Crippen LogP contribution is -2.52. The molecule has 2 aliphatic rings. The molecule has 2 aliphatic heterocycles. The number of likely N-dealkylation sites (tertiary alicyclic amines) is 1. The van der Waals surface area contributed by atoms with Gasteiger partial charge in [-0.05, 0) is 38.1 Å². The van der Waals surface area contributed by atoms with Gasteiger partial charge in [0.15, 0.2) is 0 Å². The van der Waals surface area contributed by atoms with Gasteiger partial charge in [0.05, 0.1) is 12.3 Å². The number of carbonyl (C=O) groups excluding carboxylic acids is 1. The number of carbonyl (C=O) groups is 1. The second kappa shape index (κ2) is 8.31. The number of rotatable bonds is 4. The average Bonchev–Trinajstić information content (AvgIpc) is 2.45. The van der Waals surface area contributed by atoms with Gasteiger partial charge in [0.1, 0.15) is 0 Å². The second-order valence-electron chi connectivity index (χ2n) is 5.92. The van der Waals surface area contributed by atoms with Gasteiger partial charge in [-0.15, -0.1) is 12.4 Å². The molecule has 0 aliphatic carbocycles. The first-order chi connectivity index (χ1) is 9.46. The minimum Gasteiger partial charge on any atom is -0.341 e. The van der Waals surface area contributed by atoms with Gasteiger partial charge in [0, 0.05) is 19.6 Å². The van der Waals surface area contributed by atoms with Crippen molar-refractivity contribution in [3.63, 3.8) is 0 Å². The Balaban J connectivity index is 0.00000220. The molecular formula is C13H26ClN3O3S. The quantitative estimate of drug-likeness (QED) is 0.774. The Morgan fingerprint density at radius 2 is 2.05 bits per heavy atom. The Bertz CT molecular complexity index is 438. The first kappa shape index (κ1) is 18.7. The van der Waals surface area contributed by atoms with Crippen LogP contribution in [0.2, 0.25) is 0 Å². The van der Waals surface area contributed by atoms with E-state index in [0.29, 0.717) is 13.1 Å². The zero-order chi connectivity index (χ0) is 14.6. The molecular weight excluding hydrogens is 314 g/mol. The molecule has 1 amide bonds. The van der Waals surface area contributed by atoms with E-state index in [-0.39, 0.29) is 30.3 Å². The molecule has 21 heavy (non-hydrogen) atoms. The highest BCUT2D eigenvalue weighted by atomic mass is 35.5. The second-order valence-corrected chi connectivity index (χ2v) is 7.75. The largest absolute Gasteiger partial charge is 0.341 e. The fourth-order valence-electron chi connectivity index (χ4n) is 2.98. The SMILES string of the molecule is CS(=O)(=O)NCC1CCCN(C(=O)C2CCCCN2)C1.Cl. The van der Waals surface area contributed by atoms with Gasteiger partial charge in [-0.1, -0.05) is 6.42 Å². The van der Waals surface area contributed by atoms with E-state index in [9.17, 15) is 13.2 Å². The number of amides is 1. The van der Waals surface area contributed by atoms with E-state index in [2.05, 4.69) is 10.0 Å². The molecule has 124 valence electrons. The van der Waals surface area contributed by atoms with E-state index in [1.165, 1.54) is 6.26 Å². The standard InChI is InChI=1S/C13H25N3O3S.ClH/c1-20(18,19)15-9-11-5-4-8-16(10-11)13(17)12-6-2-3-7-14-12;/h11-12,14-15H,2-10H2,1H3;1H. The summed E-state index contributed by atoms with van der Waals surface area (Å²) in [4.78, 5) is 14.3. The Labute approximate surface area is 133 Å². The Morgan fingerprint density at radius 1 is 1.29 bits per heavy atom. The van der Waals surface area contributed by atoms with Crippen LogP contribution in [0.5, 0.6) is 0 Å². The van der Waals surface area contributed by atoms with Crippen LogP contribution in [0, 0.1) is 5.92 Å². The molecule has 0 saturated carbocycles. The molecule has 0 aromatic rings. The van der Waals surface area contributed by atoms with Crippen LogP contribution in [0.1, 0.15) is 32.1 Å². The molecule has 2 unspecified atom stereocenters. The summed E-state index contributed by atoms with van der Waals surface area (Å²) >= 11 is 0. The lowest BCUT2D eigenvalue weighted by atomic mass is 9.96. The van der Waals surface area contributed by atoms with Gasteiger partial charge in [-0.2, -0.15) is 0 Å². The number of piperidine rings is 2. The Hall–Kier alpha value is -0.370. The van der Waals surface area contributed by atoms with Crippen molar-refractivity contribution < 1.29 is 13.2 Å². The predicted molar refractivity (Wildman–Crippen MR) is 85.0 cm³/mol. The highest BCUT2D eigenvalue weighted by molar-refractivity contribution is 7.88. The van der Waals surface area contributed by atoms with Gasteiger partial charge in [0.25, 0.3) is 0 Å². The fraction of sp³-hybridized carbons (Fsp3) is 0.923. The zero-order valence-corrected chi connectivity index (χ0v) is 14.1. The lowest BCUT2D eigenvalue weighted by Gasteiger charge is -2.36. The van der Waals surface area contributed by atoms with Crippen molar-refractivity contribution in [1.82, 2.24) is 14.9 Å². The van der Waals surface area contributed by atoms with E-state index in [1.54, 1.807) is 0 Å². The van der Waals surface area contributed by atoms with Gasteiger partial charge in [0.2, 0.25) is 15.9 Å². The van der Waals surface area contributed by atoms with E-state index < -0.39 is 10.0 Å². The molecule has 2 rings (SSSR count). The van der Waals surface area contributed by atoms with E-state index in [4.69, 9.17) is 0 Å². The molecule has 6 nitrogen and oxygen atoms in total. The summed E-state index contributed by atoms with van der Waals surface area (Å²) in [6.45, 7) is 2.82. The van der Waals surface area contributed by atoms with Crippen LogP contribution < -0.4 is 10.0 Å². The van der Waals surface area contributed by atoms with Gasteiger partial charge < -0.3 is 10.2 Å². The van der Waals surface area contributed by atoms with Crippen LogP contribution in [0.3, 0.4) is 0 Å². The van der Waals surface area contributed by atoms with Crippen LogP contribution in [0.25, 0.3) is 0 Å². The van der Waals surface area contributed by atoms with Crippen LogP contribution in [0.4, 0.5) is 0 Å². The van der Waals surface area contributed by atoms with Crippen LogP contribution in [-0.4, -0.2) is 57.7 Å². The first-order valence-corrected chi connectivity index (χ1v) is 9.31. The molecule has 0 radical (unpaired) electrons. The maximum absolute atomic E-state index is 12.4. The molecule has 2 N–H and O–H groups in total. The molecule has 0 aromatic carbocycles. The molecule has 2 atom stereocenters. The predicted octanol–water partition coefficient (Wildman–Crippen LogP) is 0.338. The zero-order valence-electron chi connectivity index (χ0n) is 12.5. The van der Waals surface area contributed by atoms with Gasteiger partial charge in [-0.25, -0.2) is 13.1 Å². The maximum Gasteiger partial charge on any atom is 0.239 e. The van der Waals surface area contributed by atoms with Crippen molar-refractivity contribution in [2.75, 3.05) is 32.4 Å². The third-order valence-electron chi connectivity index (χ3n) is 4.07. The molecule has 2 heterocycles. The monoisotopic (exact) mass is 339 g/mol. The van der Waals surface area contributed by atoms with E-state index >= 15 is 0 Å². The van der Waals surface area contributed by atoms with Crippen molar-refractivity contribution in [2.24, 2.45) is 5.92 Å². The molecule has 8 heteroatoms. The number of nitrogens with one attached hydrogen (secondary N) is 2. The van der Waals surface area contributed by atoms with Crippen LogP contribution in [0.15, 0.2) is 0 Å². The number of hydrogen-bond donors (Lipinski definition) is 2. The molecule has 2 fully saturated rings. The Kier molecular flexibility index (Phi) is 7.39. The van der Waals surface area contributed by atoms with E-state index in [1.807, 2.05) is 4.90 Å². The van der Waals surface area contributed by atoms with Crippen LogP contribution in [-0.2, 0) is 14.8 Å². The Morgan fingerprint density at radius 3 is 2.67 bits per heavy atom. The summed E-state index contributed by atoms with van der Waals surface area (Å²) in [5, 5.41) is 3.28. The van der Waals surface area contributed by atoms with Crippen molar-refractivity contribution in [1.29, 1.82) is 0 Å². The van der Waals surface area contributed by atoms with Crippen molar-refractivity contribution >= 4 is 28.3 Å². The van der Waals surface area contributed by atoms with Gasteiger partial charge in [-0.3, -0.25) is 4.79 Å². The third-order valence-corrected chi connectivity index (χ3v) is 4.76. The van der Waals surface area contributed by atoms with Crippen molar-refractivity contribution in [3.05, 3.63) is 0 Å². The summed E-state index contributed by atoms with van der Waals surface area (Å²) in [6, 6.07) is -0.0367. The summed E-state index contributed by atoms with van der Waals surface area (Å²) < 4.78 is 24.8. The van der Waals surface area contributed by atoms with Crippen LogP contribution >= 0.6 is 12.4 Å². The minimum absolute atomic E-state index is 0. The lowest BCUT2D eigenvalue weighted by molar-refractivity contribution is -0.135. The summed E-state index contributed by atoms with van der Waals surface area (Å²) in [5.41, 5.74) is 0. The summed E-state index contributed by atoms with van der Waals surface area (Å²) in [5.74, 6) is 0.416. The molecule has 0 aromatic heterocycles. The topological polar surface area (TPSA) is 78.5 Å². The maximum atomic E-state index is 12.4. The molecule has 0 bridgehead atoms. The third kappa shape index (κ3) is 6.10. The number of halogens is 1. The van der Waals surface area contributed by atoms with Crippen molar-refractivity contribution in [3.8, 4) is 0 Å². The highest BCUT2D eigenvalue weighted by Gasteiger charge is 2.29. The number of sulfonamides is 1. The smallest absolute Gasteiger partial charge is 0.239 e. The van der Waals surface area contributed by atoms with Crippen molar-refractivity contribution in [2.45, 2.75) is 38.1 Å². The number of hydrogen-bond acceptors (Lipinski definition) is 4. The van der Waals surface area contributed by atoms with E-state index in [0.717, 1.165) is 45.2 Å². The minimum atomic E-state index is -3.15. The fourth-order valence-corrected chi connectivity index (χ4v) is 3.52.